The normalized spacial score (nSPS) is 12.1. The highest BCUT2D eigenvalue weighted by Crippen LogP contribution is 2.13. The van der Waals surface area contributed by atoms with E-state index in [0.717, 1.165) is 11.3 Å². The Hall–Kier alpha value is -2.53. The maximum atomic E-state index is 5.93. The van der Waals surface area contributed by atoms with Crippen molar-refractivity contribution in [2.75, 3.05) is 11.9 Å². The third kappa shape index (κ3) is 6.00. The van der Waals surface area contributed by atoms with E-state index in [0.29, 0.717) is 30.0 Å². The molecule has 0 aliphatic carbocycles. The highest BCUT2D eigenvalue weighted by Gasteiger charge is 2.02. The van der Waals surface area contributed by atoms with Crippen molar-refractivity contribution in [1.29, 1.82) is 0 Å². The largest absolute Gasteiger partial charge is 0.370 e. The lowest BCUT2D eigenvalue weighted by atomic mass is 10.2. The van der Waals surface area contributed by atoms with Crippen molar-refractivity contribution in [2.24, 2.45) is 15.7 Å². The average molecular weight is 330 g/mol. The van der Waals surface area contributed by atoms with Crippen molar-refractivity contribution in [3.8, 4) is 0 Å². The predicted octanol–water partition coefficient (Wildman–Crippen LogP) is 3.23. The Labute approximate surface area is 141 Å². The molecule has 4 N–H and O–H groups in total. The highest BCUT2D eigenvalue weighted by atomic mass is 35.5. The zero-order valence-corrected chi connectivity index (χ0v) is 13.7. The molecule has 0 saturated heterocycles. The Balaban J connectivity index is 1.98. The lowest BCUT2D eigenvalue weighted by molar-refractivity contribution is 1.03. The summed E-state index contributed by atoms with van der Waals surface area (Å²) in [7, 11) is 0. The quantitative estimate of drug-likeness (QED) is 0.595. The number of rotatable bonds is 4. The molecule has 0 bridgehead atoms. The lowest BCUT2D eigenvalue weighted by Crippen LogP contribution is -2.41. The zero-order valence-electron chi connectivity index (χ0n) is 13.0. The number of nitrogens with zero attached hydrogens (tertiary/aromatic N) is 2. The number of nitrogens with one attached hydrogen (secondary N) is 2. The van der Waals surface area contributed by atoms with Gasteiger partial charge in [0.2, 0.25) is 5.96 Å². The third-order valence-corrected chi connectivity index (χ3v) is 3.20. The second-order valence-electron chi connectivity index (χ2n) is 4.77. The summed E-state index contributed by atoms with van der Waals surface area (Å²) in [4.78, 5) is 8.65. The third-order valence-electron chi connectivity index (χ3n) is 2.94. The molecule has 23 heavy (non-hydrogen) atoms. The summed E-state index contributed by atoms with van der Waals surface area (Å²) in [5.74, 6) is 0.853. The first-order valence-corrected chi connectivity index (χ1v) is 7.73. The molecule has 0 heterocycles. The van der Waals surface area contributed by atoms with Crippen LogP contribution in [0.2, 0.25) is 5.02 Å². The first-order valence-electron chi connectivity index (χ1n) is 7.35. The number of nitrogens with two attached hydrogens (primary N) is 1. The van der Waals surface area contributed by atoms with E-state index in [-0.39, 0.29) is 0 Å². The predicted molar refractivity (Wildman–Crippen MR) is 98.0 cm³/mol. The highest BCUT2D eigenvalue weighted by molar-refractivity contribution is 6.30. The summed E-state index contributed by atoms with van der Waals surface area (Å²) < 4.78 is 0. The van der Waals surface area contributed by atoms with Crippen molar-refractivity contribution in [1.82, 2.24) is 5.32 Å². The molecule has 0 amide bonds. The molecule has 2 aromatic carbocycles. The van der Waals surface area contributed by atoms with Crippen molar-refractivity contribution in [3.63, 3.8) is 0 Å². The molecule has 0 unspecified atom stereocenters. The molecule has 0 aliphatic rings. The number of guanidine groups is 2. The second kappa shape index (κ2) is 8.80. The minimum Gasteiger partial charge on any atom is -0.370 e. The van der Waals surface area contributed by atoms with E-state index in [2.05, 4.69) is 20.6 Å². The van der Waals surface area contributed by atoms with Crippen molar-refractivity contribution >= 4 is 29.2 Å². The monoisotopic (exact) mass is 329 g/mol. The van der Waals surface area contributed by atoms with E-state index in [1.54, 1.807) is 12.1 Å². The van der Waals surface area contributed by atoms with Crippen LogP contribution in [-0.4, -0.2) is 18.5 Å². The van der Waals surface area contributed by atoms with E-state index < -0.39 is 0 Å². The van der Waals surface area contributed by atoms with Crippen LogP contribution in [0.3, 0.4) is 0 Å². The molecule has 5 nitrogen and oxygen atoms in total. The van der Waals surface area contributed by atoms with Gasteiger partial charge in [-0.05, 0) is 36.8 Å². The van der Waals surface area contributed by atoms with Crippen LogP contribution < -0.4 is 16.4 Å². The standard InChI is InChI=1S/C17H20ClN5/c1-2-20-17(22-15-10-8-14(18)9-11-15)23-16(19)21-12-13-6-4-3-5-7-13/h3-11H,2,12H2,1H3,(H4,19,20,21,22,23). The fourth-order valence-corrected chi connectivity index (χ4v) is 1.99. The van der Waals surface area contributed by atoms with Gasteiger partial charge >= 0.3 is 0 Å². The van der Waals surface area contributed by atoms with Crippen LogP contribution >= 0.6 is 11.6 Å². The Morgan fingerprint density at radius 2 is 1.74 bits per heavy atom. The van der Waals surface area contributed by atoms with Gasteiger partial charge in [0.1, 0.15) is 0 Å². The fraction of sp³-hybridized carbons (Fsp3) is 0.176. The van der Waals surface area contributed by atoms with Gasteiger partial charge in [-0.25, -0.2) is 4.99 Å². The van der Waals surface area contributed by atoms with Gasteiger partial charge in [0.15, 0.2) is 5.96 Å². The Morgan fingerprint density at radius 1 is 1.04 bits per heavy atom. The smallest absolute Gasteiger partial charge is 0.202 e. The number of hydrogen-bond donors (Lipinski definition) is 3. The fourth-order valence-electron chi connectivity index (χ4n) is 1.86. The first kappa shape index (κ1) is 16.8. The molecule has 0 fully saturated rings. The zero-order chi connectivity index (χ0) is 16.5. The molecule has 120 valence electrons. The van der Waals surface area contributed by atoms with Crippen LogP contribution in [0.1, 0.15) is 12.5 Å². The van der Waals surface area contributed by atoms with Gasteiger partial charge in [0, 0.05) is 17.3 Å². The molecule has 0 saturated carbocycles. The van der Waals surface area contributed by atoms with Crippen LogP contribution in [0, 0.1) is 0 Å². The molecule has 2 rings (SSSR count). The molecule has 0 atom stereocenters. The Bertz CT molecular complexity index is 665. The van der Waals surface area contributed by atoms with Gasteiger partial charge in [-0.2, -0.15) is 0 Å². The van der Waals surface area contributed by atoms with Gasteiger partial charge in [0.05, 0.1) is 6.54 Å². The molecule has 2 aromatic rings. The number of anilines is 1. The number of halogens is 1. The maximum absolute atomic E-state index is 5.93. The van der Waals surface area contributed by atoms with Crippen molar-refractivity contribution in [3.05, 3.63) is 65.2 Å². The van der Waals surface area contributed by atoms with Gasteiger partial charge in [-0.3, -0.25) is 10.3 Å². The van der Waals surface area contributed by atoms with E-state index >= 15 is 0 Å². The van der Waals surface area contributed by atoms with Crippen LogP contribution in [0.25, 0.3) is 0 Å². The van der Waals surface area contributed by atoms with Gasteiger partial charge in [-0.15, -0.1) is 0 Å². The topological polar surface area (TPSA) is 74.8 Å². The molecule has 0 spiro atoms. The molecule has 0 aliphatic heterocycles. The van der Waals surface area contributed by atoms with Gasteiger partial charge in [-0.1, -0.05) is 41.9 Å². The van der Waals surface area contributed by atoms with Crippen LogP contribution in [-0.2, 0) is 6.54 Å². The number of benzene rings is 2. The molecular weight excluding hydrogens is 310 g/mol. The summed E-state index contributed by atoms with van der Waals surface area (Å²) in [6.07, 6.45) is 0. The van der Waals surface area contributed by atoms with Crippen molar-refractivity contribution in [2.45, 2.75) is 13.5 Å². The van der Waals surface area contributed by atoms with Crippen LogP contribution in [0.15, 0.2) is 64.6 Å². The summed E-state index contributed by atoms with van der Waals surface area (Å²) in [5, 5.41) is 6.82. The second-order valence-corrected chi connectivity index (χ2v) is 5.20. The van der Waals surface area contributed by atoms with Crippen molar-refractivity contribution < 1.29 is 0 Å². The Morgan fingerprint density at radius 3 is 2.39 bits per heavy atom. The Kier molecular flexibility index (Phi) is 6.44. The molecule has 0 aromatic heterocycles. The summed E-state index contributed by atoms with van der Waals surface area (Å²) >= 11 is 5.88. The minimum absolute atomic E-state index is 0.308. The van der Waals surface area contributed by atoms with E-state index in [1.807, 2.05) is 49.4 Å². The van der Waals surface area contributed by atoms with E-state index in [4.69, 9.17) is 17.3 Å². The average Bonchev–Trinajstić information content (AvgIpc) is 2.56. The summed E-state index contributed by atoms with van der Waals surface area (Å²) in [6.45, 7) is 3.08. The number of aliphatic imine (C=N–C) groups is 2. The summed E-state index contributed by atoms with van der Waals surface area (Å²) in [5.41, 5.74) is 7.89. The van der Waals surface area contributed by atoms with Gasteiger partial charge < -0.3 is 11.1 Å². The lowest BCUT2D eigenvalue weighted by Gasteiger charge is -2.12. The molecular formula is C17H20ClN5. The SMILES string of the molecule is CCN=C(NC(N)=NCc1ccccc1)Nc1ccc(Cl)cc1. The molecule has 6 heteroatoms. The maximum Gasteiger partial charge on any atom is 0.202 e. The van der Waals surface area contributed by atoms with E-state index in [1.165, 1.54) is 0 Å². The van der Waals surface area contributed by atoms with E-state index in [9.17, 15) is 0 Å². The van der Waals surface area contributed by atoms with Crippen LogP contribution in [0.4, 0.5) is 5.69 Å². The number of hydrogen-bond acceptors (Lipinski definition) is 2. The molecule has 0 radical (unpaired) electrons. The summed E-state index contributed by atoms with van der Waals surface area (Å²) in [6, 6.07) is 17.3. The van der Waals surface area contributed by atoms with Crippen LogP contribution in [0.5, 0.6) is 0 Å². The van der Waals surface area contributed by atoms with Gasteiger partial charge in [0.25, 0.3) is 0 Å². The first-order chi connectivity index (χ1) is 11.2. The minimum atomic E-state index is 0.308.